The monoisotopic (exact) mass is 462 g/mol. The Hall–Kier alpha value is -2.61. The molecule has 7 nitrogen and oxygen atoms in total. The van der Waals surface area contributed by atoms with Gasteiger partial charge in [-0.2, -0.15) is 0 Å². The maximum Gasteiger partial charge on any atom is 0.309 e. The molecule has 2 amide bonds. The third kappa shape index (κ3) is 5.69. The molecule has 0 aliphatic carbocycles. The molecule has 154 valence electrons. The summed E-state index contributed by atoms with van der Waals surface area (Å²) in [4.78, 5) is 38.3. The number of nitrogens with one attached hydrogen (secondary N) is 1. The summed E-state index contributed by atoms with van der Waals surface area (Å²) in [6.07, 6.45) is 2.46. The smallest absolute Gasteiger partial charge is 0.309 e. The summed E-state index contributed by atoms with van der Waals surface area (Å²) < 4.78 is 11.3. The largest absolute Gasteiger partial charge is 0.459 e. The fourth-order valence-corrected chi connectivity index (χ4v) is 3.51. The fourth-order valence-electron chi connectivity index (χ4n) is 3.25. The first-order valence-corrected chi connectivity index (χ1v) is 10.3. The number of nitrogens with zero attached hydrogens (tertiary/aromatic N) is 1. The fraction of sp³-hybridized carbons (Fsp3) is 0.381. The highest BCUT2D eigenvalue weighted by Gasteiger charge is 2.30. The molecule has 0 bridgehead atoms. The van der Waals surface area contributed by atoms with Crippen molar-refractivity contribution in [3.63, 3.8) is 0 Å². The number of hydrogen-bond acceptors (Lipinski definition) is 5. The second-order valence-corrected chi connectivity index (χ2v) is 7.91. The van der Waals surface area contributed by atoms with Crippen LogP contribution in [0.2, 0.25) is 0 Å². The number of carbonyl (C=O) groups is 3. The minimum Gasteiger partial charge on any atom is -0.459 e. The minimum absolute atomic E-state index is 0.178. The molecule has 1 unspecified atom stereocenters. The van der Waals surface area contributed by atoms with E-state index in [1.54, 1.807) is 17.0 Å². The molecule has 29 heavy (non-hydrogen) atoms. The zero-order chi connectivity index (χ0) is 20.8. The van der Waals surface area contributed by atoms with Crippen LogP contribution in [0.5, 0.6) is 0 Å². The summed E-state index contributed by atoms with van der Waals surface area (Å²) in [5.74, 6) is -0.946. The van der Waals surface area contributed by atoms with E-state index in [4.69, 9.17) is 9.15 Å². The van der Waals surface area contributed by atoms with Gasteiger partial charge in [0.1, 0.15) is 0 Å². The lowest BCUT2D eigenvalue weighted by molar-refractivity contribution is -0.154. The van der Waals surface area contributed by atoms with Crippen molar-refractivity contribution in [2.75, 3.05) is 19.7 Å². The van der Waals surface area contributed by atoms with E-state index in [1.165, 1.54) is 6.26 Å². The molecule has 1 aromatic heterocycles. The molecule has 0 radical (unpaired) electrons. The van der Waals surface area contributed by atoms with Crippen LogP contribution in [0.25, 0.3) is 0 Å². The van der Waals surface area contributed by atoms with Gasteiger partial charge < -0.3 is 19.4 Å². The number of carbonyl (C=O) groups excluding carboxylic acids is 3. The summed E-state index contributed by atoms with van der Waals surface area (Å²) in [7, 11) is 0. The van der Waals surface area contributed by atoms with Crippen molar-refractivity contribution < 1.29 is 23.5 Å². The first kappa shape index (κ1) is 21.1. The molecule has 2 heterocycles. The van der Waals surface area contributed by atoms with Gasteiger partial charge in [-0.25, -0.2) is 0 Å². The Morgan fingerprint density at radius 3 is 2.52 bits per heavy atom. The normalized spacial score (nSPS) is 15.6. The van der Waals surface area contributed by atoms with Crippen LogP contribution in [0.4, 0.5) is 0 Å². The number of halogens is 1. The van der Waals surface area contributed by atoms with E-state index >= 15 is 0 Å². The number of hydrogen-bond donors (Lipinski definition) is 1. The standard InChI is InChI=1S/C21H23BrN2O5/c1-14(15-4-6-17(22)7-5-15)23-19(25)13-29-21(27)16-8-10-24(11-9-16)20(26)18-3-2-12-28-18/h2-7,12,14,16H,8-11,13H2,1H3,(H,23,25). The van der Waals surface area contributed by atoms with Crippen LogP contribution in [0.1, 0.15) is 41.9 Å². The van der Waals surface area contributed by atoms with Crippen LogP contribution in [0.3, 0.4) is 0 Å². The highest BCUT2D eigenvalue weighted by atomic mass is 79.9. The lowest BCUT2D eigenvalue weighted by Gasteiger charge is -2.30. The quantitative estimate of drug-likeness (QED) is 0.665. The Kier molecular flexibility index (Phi) is 7.09. The Balaban J connectivity index is 1.40. The van der Waals surface area contributed by atoms with Gasteiger partial charge in [0.05, 0.1) is 18.2 Å². The molecular formula is C21H23BrN2O5. The van der Waals surface area contributed by atoms with Gasteiger partial charge >= 0.3 is 5.97 Å². The van der Waals surface area contributed by atoms with Gasteiger partial charge in [0.25, 0.3) is 11.8 Å². The van der Waals surface area contributed by atoms with Crippen LogP contribution in [-0.4, -0.2) is 42.4 Å². The van der Waals surface area contributed by atoms with Crippen molar-refractivity contribution in [3.8, 4) is 0 Å². The third-order valence-corrected chi connectivity index (χ3v) is 5.47. The molecular weight excluding hydrogens is 440 g/mol. The van der Waals surface area contributed by atoms with E-state index in [0.29, 0.717) is 31.7 Å². The van der Waals surface area contributed by atoms with Crippen LogP contribution in [-0.2, 0) is 14.3 Å². The Bertz CT molecular complexity index is 842. The maximum atomic E-state index is 12.3. The number of rotatable bonds is 6. The maximum absolute atomic E-state index is 12.3. The Morgan fingerprint density at radius 1 is 1.21 bits per heavy atom. The van der Waals surface area contributed by atoms with E-state index in [-0.39, 0.29) is 30.4 Å². The SMILES string of the molecule is CC(NC(=O)COC(=O)C1CCN(C(=O)c2ccco2)CC1)c1ccc(Br)cc1. The summed E-state index contributed by atoms with van der Waals surface area (Å²) in [6.45, 7) is 2.46. The van der Waals surface area contributed by atoms with E-state index in [1.807, 2.05) is 31.2 Å². The molecule has 8 heteroatoms. The van der Waals surface area contributed by atoms with Gasteiger partial charge in [0.2, 0.25) is 0 Å². The molecule has 2 aromatic rings. The number of piperidine rings is 1. The van der Waals surface area contributed by atoms with Crippen molar-refractivity contribution in [1.29, 1.82) is 0 Å². The van der Waals surface area contributed by atoms with Gasteiger partial charge in [-0.3, -0.25) is 14.4 Å². The van der Waals surface area contributed by atoms with Crippen molar-refractivity contribution >= 4 is 33.7 Å². The molecule has 1 aliphatic rings. The van der Waals surface area contributed by atoms with E-state index in [0.717, 1.165) is 10.0 Å². The van der Waals surface area contributed by atoms with E-state index in [9.17, 15) is 14.4 Å². The number of likely N-dealkylation sites (tertiary alicyclic amines) is 1. The van der Waals surface area contributed by atoms with Crippen molar-refractivity contribution in [3.05, 3.63) is 58.5 Å². The molecule has 3 rings (SSSR count). The predicted molar refractivity (Wildman–Crippen MR) is 109 cm³/mol. The topological polar surface area (TPSA) is 88.9 Å². The lowest BCUT2D eigenvalue weighted by Crippen LogP contribution is -2.41. The van der Waals surface area contributed by atoms with Crippen LogP contribution in [0.15, 0.2) is 51.6 Å². The second-order valence-electron chi connectivity index (χ2n) is 6.99. The summed E-state index contributed by atoms with van der Waals surface area (Å²) in [5.41, 5.74) is 0.960. The first-order chi connectivity index (χ1) is 13.9. The summed E-state index contributed by atoms with van der Waals surface area (Å²) >= 11 is 3.37. The lowest BCUT2D eigenvalue weighted by atomic mass is 9.97. The molecule has 1 N–H and O–H groups in total. The van der Waals surface area contributed by atoms with Crippen molar-refractivity contribution in [2.24, 2.45) is 5.92 Å². The van der Waals surface area contributed by atoms with Gasteiger partial charge in [0.15, 0.2) is 12.4 Å². The zero-order valence-electron chi connectivity index (χ0n) is 16.1. The Morgan fingerprint density at radius 2 is 1.90 bits per heavy atom. The average molecular weight is 463 g/mol. The number of benzene rings is 1. The van der Waals surface area contributed by atoms with Crippen LogP contribution in [0, 0.1) is 5.92 Å². The Labute approximate surface area is 177 Å². The third-order valence-electron chi connectivity index (χ3n) is 4.94. The summed E-state index contributed by atoms with van der Waals surface area (Å²) in [6, 6.07) is 10.7. The second kappa shape index (κ2) is 9.73. The number of furan rings is 1. The first-order valence-electron chi connectivity index (χ1n) is 9.48. The molecule has 0 saturated carbocycles. The molecule has 1 fully saturated rings. The zero-order valence-corrected chi connectivity index (χ0v) is 17.7. The number of ether oxygens (including phenoxy) is 1. The van der Waals surface area contributed by atoms with Gasteiger partial charge in [0, 0.05) is 17.6 Å². The predicted octanol–water partition coefficient (Wildman–Crippen LogP) is 3.31. The van der Waals surface area contributed by atoms with E-state index < -0.39 is 5.97 Å². The van der Waals surface area contributed by atoms with Crippen molar-refractivity contribution in [2.45, 2.75) is 25.8 Å². The van der Waals surface area contributed by atoms with Crippen LogP contribution < -0.4 is 5.32 Å². The highest BCUT2D eigenvalue weighted by molar-refractivity contribution is 9.10. The molecule has 1 aliphatic heterocycles. The highest BCUT2D eigenvalue weighted by Crippen LogP contribution is 2.21. The average Bonchev–Trinajstić information content (AvgIpc) is 3.27. The number of esters is 1. The van der Waals surface area contributed by atoms with Crippen LogP contribution >= 0.6 is 15.9 Å². The molecule has 1 aromatic carbocycles. The molecule has 0 spiro atoms. The molecule has 1 atom stereocenters. The van der Waals surface area contributed by atoms with Gasteiger partial charge in [-0.1, -0.05) is 28.1 Å². The number of amides is 2. The molecule has 1 saturated heterocycles. The van der Waals surface area contributed by atoms with Gasteiger partial charge in [-0.05, 0) is 49.6 Å². The van der Waals surface area contributed by atoms with Gasteiger partial charge in [-0.15, -0.1) is 0 Å². The summed E-state index contributed by atoms with van der Waals surface area (Å²) in [5, 5.41) is 2.82. The minimum atomic E-state index is -0.401. The van der Waals surface area contributed by atoms with E-state index in [2.05, 4.69) is 21.2 Å². The van der Waals surface area contributed by atoms with Crippen molar-refractivity contribution in [1.82, 2.24) is 10.2 Å².